The van der Waals surface area contributed by atoms with E-state index in [1.165, 1.54) is 5.56 Å². The van der Waals surface area contributed by atoms with Crippen molar-refractivity contribution in [1.29, 1.82) is 0 Å². The molecule has 148 valence electrons. The second kappa shape index (κ2) is 8.33. The molecule has 0 saturated carbocycles. The van der Waals surface area contributed by atoms with Crippen LogP contribution in [-0.2, 0) is 4.74 Å². The van der Waals surface area contributed by atoms with Crippen LogP contribution in [0.4, 0.5) is 10.5 Å². The monoisotopic (exact) mass is 381 g/mol. The first-order valence-corrected chi connectivity index (χ1v) is 9.61. The van der Waals surface area contributed by atoms with Gasteiger partial charge in [-0.3, -0.25) is 10.4 Å². The van der Waals surface area contributed by atoms with Crippen LogP contribution in [0.1, 0.15) is 57.6 Å². The van der Waals surface area contributed by atoms with E-state index in [0.717, 1.165) is 22.2 Å². The third kappa shape index (κ3) is 4.27. The number of carbonyl (C=O) groups is 1. The molecule has 0 fully saturated rings. The van der Waals surface area contributed by atoms with E-state index in [9.17, 15) is 4.79 Å². The van der Waals surface area contributed by atoms with Crippen molar-refractivity contribution in [2.75, 3.05) is 11.9 Å². The zero-order chi connectivity index (χ0) is 20.3. The highest BCUT2D eigenvalue weighted by Crippen LogP contribution is 2.36. The lowest BCUT2D eigenvalue weighted by Crippen LogP contribution is -2.13. The number of hydrogen-bond acceptors (Lipinski definition) is 4. The minimum Gasteiger partial charge on any atom is -0.457 e. The van der Waals surface area contributed by atoms with Crippen LogP contribution < -0.4 is 10.1 Å². The summed E-state index contributed by atoms with van der Waals surface area (Å²) in [5, 5.41) is 11.0. The number of carbonyl (C=O) groups excluding carboxylic acids is 1. The zero-order valence-electron chi connectivity index (χ0n) is 17.0. The molecule has 0 aliphatic heterocycles. The number of fused-ring (bicyclic) bond motifs is 1. The van der Waals surface area contributed by atoms with Crippen molar-refractivity contribution in [2.24, 2.45) is 0 Å². The summed E-state index contributed by atoms with van der Waals surface area (Å²) in [6, 6.07) is 9.66. The summed E-state index contributed by atoms with van der Waals surface area (Å²) in [5.74, 6) is 2.05. The molecule has 0 aliphatic rings. The highest BCUT2D eigenvalue weighted by Gasteiger charge is 2.15. The molecule has 1 aromatic heterocycles. The molecule has 0 aliphatic carbocycles. The van der Waals surface area contributed by atoms with Crippen LogP contribution in [0.3, 0.4) is 0 Å². The maximum atomic E-state index is 11.8. The van der Waals surface area contributed by atoms with Gasteiger partial charge in [0.15, 0.2) is 0 Å². The van der Waals surface area contributed by atoms with Gasteiger partial charge in [0.25, 0.3) is 0 Å². The van der Waals surface area contributed by atoms with Crippen molar-refractivity contribution < 1.29 is 14.3 Å². The molecule has 28 heavy (non-hydrogen) atoms. The number of hydrogen-bond donors (Lipinski definition) is 2. The van der Waals surface area contributed by atoms with E-state index in [0.29, 0.717) is 24.0 Å². The molecule has 2 N–H and O–H groups in total. The highest BCUT2D eigenvalue weighted by atomic mass is 16.5. The van der Waals surface area contributed by atoms with Crippen LogP contribution in [0.5, 0.6) is 11.5 Å². The summed E-state index contributed by atoms with van der Waals surface area (Å²) < 4.78 is 11.2. The average Bonchev–Trinajstić information content (AvgIpc) is 3.09. The van der Waals surface area contributed by atoms with Crippen molar-refractivity contribution in [2.45, 2.75) is 46.5 Å². The Labute approximate surface area is 165 Å². The van der Waals surface area contributed by atoms with Crippen molar-refractivity contribution in [3.05, 3.63) is 47.7 Å². The lowest BCUT2D eigenvalue weighted by molar-refractivity contribution is 0.168. The molecule has 0 spiro atoms. The number of anilines is 1. The molecule has 0 radical (unpaired) electrons. The Kier molecular flexibility index (Phi) is 5.87. The first kappa shape index (κ1) is 19.7. The number of nitrogens with one attached hydrogen (secondary N) is 2. The van der Waals surface area contributed by atoms with E-state index < -0.39 is 6.09 Å². The van der Waals surface area contributed by atoms with Crippen molar-refractivity contribution >= 4 is 22.7 Å². The normalized spacial score (nSPS) is 11.2. The fourth-order valence-corrected chi connectivity index (χ4v) is 3.18. The number of rotatable bonds is 6. The molecule has 1 heterocycles. The Morgan fingerprint density at radius 3 is 2.54 bits per heavy atom. The number of aromatic amines is 1. The summed E-state index contributed by atoms with van der Waals surface area (Å²) >= 11 is 0. The predicted molar refractivity (Wildman–Crippen MR) is 111 cm³/mol. The van der Waals surface area contributed by atoms with Crippen LogP contribution in [-0.4, -0.2) is 22.9 Å². The topological polar surface area (TPSA) is 76.2 Å². The fourth-order valence-electron chi connectivity index (χ4n) is 3.18. The molecule has 0 saturated heterocycles. The third-order valence-electron chi connectivity index (χ3n) is 4.57. The second-order valence-electron chi connectivity index (χ2n) is 7.35. The third-order valence-corrected chi connectivity index (χ3v) is 4.57. The number of benzene rings is 2. The molecular formula is C22H27N3O3. The largest absolute Gasteiger partial charge is 0.457 e. The van der Waals surface area contributed by atoms with Crippen LogP contribution in [0.25, 0.3) is 10.9 Å². The van der Waals surface area contributed by atoms with Crippen LogP contribution in [0.15, 0.2) is 36.5 Å². The van der Waals surface area contributed by atoms with Gasteiger partial charge in [0, 0.05) is 23.2 Å². The van der Waals surface area contributed by atoms with Crippen molar-refractivity contribution in [3.63, 3.8) is 0 Å². The van der Waals surface area contributed by atoms with Gasteiger partial charge in [-0.25, -0.2) is 4.79 Å². The molecule has 6 heteroatoms. The quantitative estimate of drug-likeness (QED) is 0.535. The molecule has 1 amide bonds. The van der Waals surface area contributed by atoms with E-state index in [2.05, 4.69) is 49.3 Å². The van der Waals surface area contributed by atoms with Gasteiger partial charge in [0.2, 0.25) is 0 Å². The van der Waals surface area contributed by atoms with E-state index in [4.69, 9.17) is 9.47 Å². The molecule has 2 aromatic carbocycles. The summed E-state index contributed by atoms with van der Waals surface area (Å²) in [6.07, 6.45) is 1.37. The Balaban J connectivity index is 1.98. The van der Waals surface area contributed by atoms with E-state index in [-0.39, 0.29) is 5.92 Å². The number of nitrogens with zero attached hydrogens (tertiary/aromatic N) is 1. The molecule has 3 rings (SSSR count). The molecular weight excluding hydrogens is 354 g/mol. The standard InChI is InChI=1S/C22H27N3O3/c1-6-27-22(26)24-15-7-8-17(13(2)3)21(9-15)28-16-10-18(14(4)5)19-12-23-25-20(19)11-16/h7-14H,6H2,1-5H3,(H,23,25)(H,24,26). The Morgan fingerprint density at radius 1 is 1.11 bits per heavy atom. The smallest absolute Gasteiger partial charge is 0.411 e. The van der Waals surface area contributed by atoms with Crippen LogP contribution in [0.2, 0.25) is 0 Å². The van der Waals surface area contributed by atoms with E-state index in [1.807, 2.05) is 30.5 Å². The SMILES string of the molecule is CCOC(=O)Nc1ccc(C(C)C)c(Oc2cc(C(C)C)c3cn[nH]c3c2)c1. The first-order valence-electron chi connectivity index (χ1n) is 9.61. The number of ether oxygens (including phenoxy) is 2. The molecule has 3 aromatic rings. The van der Waals surface area contributed by atoms with Gasteiger partial charge in [0.05, 0.1) is 18.3 Å². The van der Waals surface area contributed by atoms with Gasteiger partial charge in [-0.2, -0.15) is 5.10 Å². The summed E-state index contributed by atoms with van der Waals surface area (Å²) in [6.45, 7) is 10.6. The minimum atomic E-state index is -0.480. The molecule has 0 atom stereocenters. The Morgan fingerprint density at radius 2 is 1.86 bits per heavy atom. The predicted octanol–water partition coefficient (Wildman–Crippen LogP) is 6.17. The van der Waals surface area contributed by atoms with E-state index in [1.54, 1.807) is 6.92 Å². The summed E-state index contributed by atoms with van der Waals surface area (Å²) in [7, 11) is 0. The molecule has 0 bridgehead atoms. The highest BCUT2D eigenvalue weighted by molar-refractivity contribution is 5.85. The van der Waals surface area contributed by atoms with Gasteiger partial charge in [-0.1, -0.05) is 33.8 Å². The lowest BCUT2D eigenvalue weighted by Gasteiger charge is -2.17. The molecule has 0 unspecified atom stereocenters. The van der Waals surface area contributed by atoms with Crippen molar-refractivity contribution in [3.8, 4) is 11.5 Å². The van der Waals surface area contributed by atoms with Gasteiger partial charge in [-0.05, 0) is 42.0 Å². The van der Waals surface area contributed by atoms with Gasteiger partial charge >= 0.3 is 6.09 Å². The van der Waals surface area contributed by atoms with Gasteiger partial charge in [-0.15, -0.1) is 0 Å². The lowest BCUT2D eigenvalue weighted by atomic mass is 9.99. The summed E-state index contributed by atoms with van der Waals surface area (Å²) in [4.78, 5) is 11.8. The first-order chi connectivity index (χ1) is 13.4. The zero-order valence-corrected chi connectivity index (χ0v) is 17.0. The van der Waals surface area contributed by atoms with E-state index >= 15 is 0 Å². The second-order valence-corrected chi connectivity index (χ2v) is 7.35. The fraction of sp³-hybridized carbons (Fsp3) is 0.364. The van der Waals surface area contributed by atoms with Crippen LogP contribution >= 0.6 is 0 Å². The van der Waals surface area contributed by atoms with Gasteiger partial charge < -0.3 is 9.47 Å². The summed E-state index contributed by atoms with van der Waals surface area (Å²) in [5.41, 5.74) is 3.80. The maximum absolute atomic E-state index is 11.8. The van der Waals surface area contributed by atoms with Crippen LogP contribution in [0, 0.1) is 0 Å². The average molecular weight is 381 g/mol. The maximum Gasteiger partial charge on any atom is 0.411 e. The number of H-pyrrole nitrogens is 1. The number of amides is 1. The molecule has 6 nitrogen and oxygen atoms in total. The Bertz CT molecular complexity index is 976. The van der Waals surface area contributed by atoms with Crippen molar-refractivity contribution in [1.82, 2.24) is 10.2 Å². The Hall–Kier alpha value is -3.02. The number of aromatic nitrogens is 2. The minimum absolute atomic E-state index is 0.270. The van der Waals surface area contributed by atoms with Gasteiger partial charge in [0.1, 0.15) is 11.5 Å².